The largest absolute Gasteiger partial charge is 0.379 e. The fourth-order valence-electron chi connectivity index (χ4n) is 7.10. The van der Waals surface area contributed by atoms with Crippen molar-refractivity contribution in [1.82, 2.24) is 34.3 Å². The first-order valence-corrected chi connectivity index (χ1v) is 16.8. The van der Waals surface area contributed by atoms with E-state index in [1.165, 1.54) is 0 Å². The number of hydrogen-bond donors (Lipinski definition) is 4. The minimum absolute atomic E-state index is 0.0340. The number of ether oxygens (including phenoxy) is 1. The number of hydrogen-bond acceptors (Lipinski definition) is 10. The molecule has 13 heteroatoms. The number of fused-ring (bicyclic) bond motifs is 3. The molecule has 5 aliphatic heterocycles. The molecule has 7 heterocycles. The molecule has 224 valence electrons. The van der Waals surface area contributed by atoms with Crippen molar-refractivity contribution in [2.24, 2.45) is 0 Å². The van der Waals surface area contributed by atoms with Crippen LogP contribution in [0.5, 0.6) is 0 Å². The summed E-state index contributed by atoms with van der Waals surface area (Å²) < 4.78 is 35.9. The number of piperidine rings is 2. The molecule has 0 spiro atoms. The molecule has 4 N–H and O–H groups in total. The van der Waals surface area contributed by atoms with Gasteiger partial charge < -0.3 is 15.4 Å². The highest BCUT2D eigenvalue weighted by Crippen LogP contribution is 2.39. The van der Waals surface area contributed by atoms with Gasteiger partial charge in [-0.15, -0.1) is 0 Å². The van der Waals surface area contributed by atoms with E-state index in [2.05, 4.69) is 45.4 Å². The summed E-state index contributed by atoms with van der Waals surface area (Å²) in [6, 6.07) is 6.89. The van der Waals surface area contributed by atoms with Gasteiger partial charge in [0.15, 0.2) is 0 Å². The highest BCUT2D eigenvalue weighted by atomic mass is 32.2. The minimum Gasteiger partial charge on any atom is -0.379 e. The first-order valence-electron chi connectivity index (χ1n) is 15.4. The third-order valence-corrected chi connectivity index (χ3v) is 11.5. The number of hydrazine groups is 1. The Morgan fingerprint density at radius 2 is 1.76 bits per heavy atom. The number of nitrogens with one attached hydrogen (secondary N) is 4. The molecule has 0 amide bonds. The van der Waals surface area contributed by atoms with Crippen molar-refractivity contribution in [3.63, 3.8) is 0 Å². The topological polar surface area (TPSA) is 127 Å². The van der Waals surface area contributed by atoms with Gasteiger partial charge in [-0.05, 0) is 57.6 Å². The summed E-state index contributed by atoms with van der Waals surface area (Å²) in [6.07, 6.45) is 6.49. The second kappa shape index (κ2) is 11.5. The van der Waals surface area contributed by atoms with E-state index < -0.39 is 10.2 Å². The first-order chi connectivity index (χ1) is 19.9. The predicted octanol–water partition coefficient (Wildman–Crippen LogP) is 1.83. The van der Waals surface area contributed by atoms with Crippen molar-refractivity contribution in [1.29, 1.82) is 0 Å². The molecule has 2 bridgehead atoms. The van der Waals surface area contributed by atoms with Crippen molar-refractivity contribution in [3.8, 4) is 0 Å². The van der Waals surface area contributed by atoms with Crippen LogP contribution in [-0.2, 0) is 21.5 Å². The molecule has 3 unspecified atom stereocenters. The van der Waals surface area contributed by atoms with Crippen LogP contribution in [0.15, 0.2) is 18.2 Å². The highest BCUT2D eigenvalue weighted by Gasteiger charge is 2.47. The van der Waals surface area contributed by atoms with Gasteiger partial charge in [0.25, 0.3) is 10.2 Å². The predicted molar refractivity (Wildman–Crippen MR) is 158 cm³/mol. The smallest absolute Gasteiger partial charge is 0.282 e. The van der Waals surface area contributed by atoms with Crippen LogP contribution >= 0.6 is 0 Å². The summed E-state index contributed by atoms with van der Waals surface area (Å²) in [4.78, 5) is 12.5. The molecule has 0 saturated carbocycles. The number of nitrogens with zero attached hydrogens (tertiary/aromatic N) is 5. The summed E-state index contributed by atoms with van der Waals surface area (Å²) in [5.41, 5.74) is 8.53. The van der Waals surface area contributed by atoms with Gasteiger partial charge in [-0.2, -0.15) is 17.0 Å². The van der Waals surface area contributed by atoms with E-state index >= 15 is 0 Å². The molecule has 0 aromatic carbocycles. The molecule has 5 fully saturated rings. The van der Waals surface area contributed by atoms with Crippen molar-refractivity contribution in [2.75, 3.05) is 50.0 Å². The monoisotopic (exact) mass is 585 g/mol. The molecule has 7 rings (SSSR count). The van der Waals surface area contributed by atoms with Crippen LogP contribution in [0.3, 0.4) is 0 Å². The minimum atomic E-state index is -3.38. The number of morpholine rings is 1. The lowest BCUT2D eigenvalue weighted by Gasteiger charge is -2.50. The zero-order valence-corrected chi connectivity index (χ0v) is 24.7. The van der Waals surface area contributed by atoms with Crippen LogP contribution in [0.25, 0.3) is 10.9 Å². The van der Waals surface area contributed by atoms with E-state index in [1.54, 1.807) is 4.31 Å². The van der Waals surface area contributed by atoms with Gasteiger partial charge in [0.1, 0.15) is 11.6 Å². The standard InChI is InChI=1S/C28H43N9O3S/c1-19-14-27(34-33-19)31-26-17-25-24(7-6-20(29-25)18-35-10-12-40-13-11-35)28(32-26)30-21-15-22-4-2-5-23(16-21)37(22)41(38,39)36-8-3-9-36/h6-7,17,19,21-23,27,33-34H,2-5,8-16,18H2,1H3,(H2,30,31,32)/t19?,21?,22-,23+,27?. The van der Waals surface area contributed by atoms with Gasteiger partial charge in [-0.3, -0.25) is 15.3 Å². The molecule has 0 radical (unpaired) electrons. The quantitative estimate of drug-likeness (QED) is 0.365. The lowest BCUT2D eigenvalue weighted by atomic mass is 9.84. The van der Waals surface area contributed by atoms with Crippen molar-refractivity contribution in [3.05, 3.63) is 23.9 Å². The lowest BCUT2D eigenvalue weighted by molar-refractivity contribution is 0.0337. The Kier molecular flexibility index (Phi) is 7.77. The molecular formula is C28H43N9O3S. The highest BCUT2D eigenvalue weighted by molar-refractivity contribution is 7.86. The number of rotatable bonds is 8. The fourth-order valence-corrected chi connectivity index (χ4v) is 9.22. The van der Waals surface area contributed by atoms with Crippen molar-refractivity contribution >= 4 is 32.7 Å². The maximum absolute atomic E-state index is 13.4. The Bertz CT molecular complexity index is 1330. The SMILES string of the molecule is CC1CC(Nc2cc3nc(CN4CCOCC4)ccc3c(NC3C[C@H]4CCC[C@@H](C3)N4S(=O)(=O)N3CCC3)n2)NN1. The number of anilines is 2. The Labute approximate surface area is 242 Å². The zero-order valence-electron chi connectivity index (χ0n) is 23.9. The van der Waals surface area contributed by atoms with E-state index in [4.69, 9.17) is 14.7 Å². The summed E-state index contributed by atoms with van der Waals surface area (Å²) >= 11 is 0. The van der Waals surface area contributed by atoms with Crippen LogP contribution in [0, 0.1) is 0 Å². The third-order valence-electron chi connectivity index (χ3n) is 9.30. The van der Waals surface area contributed by atoms with Crippen LogP contribution < -0.4 is 21.5 Å². The van der Waals surface area contributed by atoms with Crippen LogP contribution in [0.2, 0.25) is 0 Å². The molecule has 0 aliphatic carbocycles. The van der Waals surface area contributed by atoms with E-state index in [0.717, 1.165) is 106 Å². The maximum Gasteiger partial charge on any atom is 0.282 e. The van der Waals surface area contributed by atoms with Crippen LogP contribution in [-0.4, -0.2) is 102 Å². The van der Waals surface area contributed by atoms with Crippen molar-refractivity contribution in [2.45, 2.75) is 88.7 Å². The summed E-state index contributed by atoms with van der Waals surface area (Å²) in [7, 11) is -3.38. The molecule has 5 saturated heterocycles. The molecule has 41 heavy (non-hydrogen) atoms. The maximum atomic E-state index is 13.4. The van der Waals surface area contributed by atoms with Gasteiger partial charge in [-0.1, -0.05) is 6.42 Å². The molecule has 12 nitrogen and oxygen atoms in total. The lowest BCUT2D eigenvalue weighted by Crippen LogP contribution is -2.62. The summed E-state index contributed by atoms with van der Waals surface area (Å²) in [6.45, 7) is 7.62. The Hall–Kier alpha value is -2.13. The van der Waals surface area contributed by atoms with E-state index in [9.17, 15) is 8.42 Å². The van der Waals surface area contributed by atoms with Crippen LogP contribution in [0.1, 0.15) is 57.6 Å². The molecule has 2 aromatic heterocycles. The van der Waals surface area contributed by atoms with Crippen LogP contribution in [0.4, 0.5) is 11.6 Å². The van der Waals surface area contributed by atoms with Gasteiger partial charge in [0.2, 0.25) is 0 Å². The molecular weight excluding hydrogens is 542 g/mol. The van der Waals surface area contributed by atoms with E-state index in [1.807, 2.05) is 10.4 Å². The fraction of sp³-hybridized carbons (Fsp3) is 0.714. The second-order valence-electron chi connectivity index (χ2n) is 12.4. The normalized spacial score (nSPS) is 31.7. The van der Waals surface area contributed by atoms with E-state index in [-0.39, 0.29) is 24.3 Å². The zero-order chi connectivity index (χ0) is 28.0. The summed E-state index contributed by atoms with van der Waals surface area (Å²) in [5, 5.41) is 8.31. The average Bonchev–Trinajstić information content (AvgIpc) is 3.31. The summed E-state index contributed by atoms with van der Waals surface area (Å²) in [5.74, 6) is 1.60. The van der Waals surface area contributed by atoms with Gasteiger partial charge in [0, 0.05) is 68.3 Å². The van der Waals surface area contributed by atoms with Crippen molar-refractivity contribution < 1.29 is 13.2 Å². The third kappa shape index (κ3) is 5.77. The van der Waals surface area contributed by atoms with Gasteiger partial charge >= 0.3 is 0 Å². The number of aromatic nitrogens is 2. The van der Waals surface area contributed by atoms with Gasteiger partial charge in [0.05, 0.1) is 30.6 Å². The second-order valence-corrected chi connectivity index (χ2v) is 14.2. The van der Waals surface area contributed by atoms with Gasteiger partial charge in [-0.25, -0.2) is 10.4 Å². The number of pyridine rings is 2. The molecule has 5 aliphatic rings. The molecule has 5 atom stereocenters. The van der Waals surface area contributed by atoms with E-state index in [0.29, 0.717) is 19.1 Å². The Morgan fingerprint density at radius 3 is 2.44 bits per heavy atom. The average molecular weight is 586 g/mol. The Balaban J connectivity index is 1.14. The molecule has 2 aromatic rings. The Morgan fingerprint density at radius 1 is 0.976 bits per heavy atom. The first kappa shape index (κ1) is 27.7.